The van der Waals surface area contributed by atoms with Crippen molar-refractivity contribution >= 4 is 11.6 Å². The highest BCUT2D eigenvalue weighted by atomic mass is 19.1. The van der Waals surface area contributed by atoms with Crippen LogP contribution in [0.5, 0.6) is 11.6 Å². The van der Waals surface area contributed by atoms with Crippen LogP contribution in [0.4, 0.5) is 20.4 Å². The smallest absolute Gasteiger partial charge is 0.215 e. The molecule has 6 nitrogen and oxygen atoms in total. The van der Waals surface area contributed by atoms with E-state index < -0.39 is 11.6 Å². The molecule has 0 spiro atoms. The van der Waals surface area contributed by atoms with Crippen molar-refractivity contribution in [3.05, 3.63) is 59.8 Å². The lowest BCUT2D eigenvalue weighted by Gasteiger charge is -2.16. The molecule has 31 heavy (non-hydrogen) atoms. The highest BCUT2D eigenvalue weighted by molar-refractivity contribution is 5.74. The van der Waals surface area contributed by atoms with E-state index in [1.54, 1.807) is 6.07 Å². The van der Waals surface area contributed by atoms with Crippen molar-refractivity contribution < 1.29 is 18.3 Å². The maximum absolute atomic E-state index is 14.6. The Bertz CT molecular complexity index is 1080. The molecule has 0 atom stereocenters. The number of benzene rings is 1. The number of hydrogen-bond donors (Lipinski definition) is 2. The molecular formula is C23H24F2N4O2. The van der Waals surface area contributed by atoms with Crippen LogP contribution < -0.4 is 20.1 Å². The molecule has 0 radical (unpaired) electrons. The molecule has 0 saturated heterocycles. The molecule has 0 unspecified atom stereocenters. The summed E-state index contributed by atoms with van der Waals surface area (Å²) in [6, 6.07) is 9.70. The molecule has 0 amide bonds. The van der Waals surface area contributed by atoms with Crippen LogP contribution in [-0.4, -0.2) is 29.2 Å². The van der Waals surface area contributed by atoms with Gasteiger partial charge in [-0.05, 0) is 29.8 Å². The Morgan fingerprint density at radius 3 is 2.71 bits per heavy atom. The fraction of sp³-hybridized carbons (Fsp3) is 0.304. The molecule has 1 aliphatic rings. The molecule has 3 heterocycles. The number of nitrogens with one attached hydrogen (secondary N) is 2. The Balaban J connectivity index is 1.74. The van der Waals surface area contributed by atoms with Crippen LogP contribution in [0.1, 0.15) is 25.8 Å². The van der Waals surface area contributed by atoms with E-state index in [9.17, 15) is 8.78 Å². The van der Waals surface area contributed by atoms with Crippen molar-refractivity contribution in [3.63, 3.8) is 0 Å². The van der Waals surface area contributed by atoms with Gasteiger partial charge in [0.2, 0.25) is 5.88 Å². The quantitative estimate of drug-likeness (QED) is 0.626. The van der Waals surface area contributed by atoms with Gasteiger partial charge in [-0.3, -0.25) is 0 Å². The standard InChI is InChI=1S/C23H24F2N4O2/c1-14(2)26-12-15-8-22-28-21-11-18(19(25)13-27-21)17-5-4-16(24)10-20(17)30-6-3-7-31-23(9-15)29-22/h4-5,8-11,13-14,26H,3,6-7,12H2,1-2H3,(H,27,28,29). The summed E-state index contributed by atoms with van der Waals surface area (Å²) in [5.41, 5.74) is 1.71. The zero-order valence-corrected chi connectivity index (χ0v) is 17.4. The van der Waals surface area contributed by atoms with E-state index >= 15 is 0 Å². The minimum absolute atomic E-state index is 0.263. The Morgan fingerprint density at radius 2 is 1.87 bits per heavy atom. The molecule has 0 fully saturated rings. The monoisotopic (exact) mass is 426 g/mol. The third kappa shape index (κ3) is 5.27. The van der Waals surface area contributed by atoms with Gasteiger partial charge in [0.05, 0.1) is 19.4 Å². The second-order valence-corrected chi connectivity index (χ2v) is 7.60. The van der Waals surface area contributed by atoms with Crippen LogP contribution in [0.3, 0.4) is 0 Å². The van der Waals surface area contributed by atoms with Gasteiger partial charge in [-0.25, -0.2) is 13.8 Å². The topological polar surface area (TPSA) is 68.3 Å². The number of nitrogens with zero attached hydrogens (tertiary/aromatic N) is 2. The van der Waals surface area contributed by atoms with Crippen LogP contribution in [-0.2, 0) is 6.54 Å². The van der Waals surface area contributed by atoms with Gasteiger partial charge in [0, 0.05) is 42.3 Å². The van der Waals surface area contributed by atoms with Crippen LogP contribution in [0.25, 0.3) is 11.1 Å². The molecule has 8 heteroatoms. The van der Waals surface area contributed by atoms with E-state index in [0.717, 1.165) is 11.8 Å². The van der Waals surface area contributed by atoms with E-state index in [-0.39, 0.29) is 17.9 Å². The van der Waals surface area contributed by atoms with Crippen molar-refractivity contribution in [2.45, 2.75) is 32.9 Å². The molecule has 0 aliphatic carbocycles. The molecule has 4 bridgehead atoms. The Hall–Kier alpha value is -3.26. The number of ether oxygens (including phenoxy) is 2. The summed E-state index contributed by atoms with van der Waals surface area (Å²) < 4.78 is 40.0. The Labute approximate surface area is 179 Å². The summed E-state index contributed by atoms with van der Waals surface area (Å²) in [5.74, 6) is 0.696. The van der Waals surface area contributed by atoms with E-state index in [1.165, 1.54) is 18.2 Å². The molecule has 3 aromatic rings. The van der Waals surface area contributed by atoms with Gasteiger partial charge < -0.3 is 20.1 Å². The molecule has 1 aromatic carbocycles. The van der Waals surface area contributed by atoms with Gasteiger partial charge in [-0.1, -0.05) is 13.8 Å². The number of aromatic nitrogens is 2. The normalized spacial score (nSPS) is 13.5. The Kier molecular flexibility index (Phi) is 6.27. The number of hydrogen-bond acceptors (Lipinski definition) is 6. The van der Waals surface area contributed by atoms with Gasteiger partial charge in [0.25, 0.3) is 0 Å². The largest absolute Gasteiger partial charge is 0.493 e. The molecule has 162 valence electrons. The summed E-state index contributed by atoms with van der Waals surface area (Å²) in [7, 11) is 0. The van der Waals surface area contributed by atoms with E-state index in [2.05, 4.69) is 34.4 Å². The molecule has 0 saturated carbocycles. The van der Waals surface area contributed by atoms with Gasteiger partial charge in [-0.2, -0.15) is 4.98 Å². The predicted octanol–water partition coefficient (Wildman–Crippen LogP) is 4.82. The zero-order valence-electron chi connectivity index (χ0n) is 17.4. The lowest BCUT2D eigenvalue weighted by atomic mass is 10.0. The van der Waals surface area contributed by atoms with E-state index in [1.807, 2.05) is 12.1 Å². The third-order valence-corrected chi connectivity index (χ3v) is 4.72. The first-order valence-corrected chi connectivity index (χ1v) is 10.2. The van der Waals surface area contributed by atoms with Crippen molar-refractivity contribution in [2.75, 3.05) is 18.5 Å². The number of rotatable bonds is 3. The summed E-state index contributed by atoms with van der Waals surface area (Å²) in [6.45, 7) is 5.45. The molecular weight excluding hydrogens is 402 g/mol. The van der Waals surface area contributed by atoms with Crippen LogP contribution in [0.15, 0.2) is 42.6 Å². The van der Waals surface area contributed by atoms with Crippen LogP contribution in [0.2, 0.25) is 0 Å². The minimum atomic E-state index is -0.527. The molecule has 2 aromatic heterocycles. The predicted molar refractivity (Wildman–Crippen MR) is 115 cm³/mol. The van der Waals surface area contributed by atoms with Gasteiger partial charge in [0.1, 0.15) is 29.0 Å². The molecule has 2 N–H and O–H groups in total. The lowest BCUT2D eigenvalue weighted by molar-refractivity contribution is 0.242. The molecule has 4 rings (SSSR count). The first-order chi connectivity index (χ1) is 15.0. The summed E-state index contributed by atoms with van der Waals surface area (Å²) >= 11 is 0. The SMILES string of the molecule is CC(C)NCc1cc2nc(c1)OCCCOc1cc(F)ccc1-c1cc(ncc1F)N2. The number of fused-ring (bicyclic) bond motifs is 6. The maximum Gasteiger partial charge on any atom is 0.215 e. The van der Waals surface area contributed by atoms with Gasteiger partial charge in [0.15, 0.2) is 0 Å². The average Bonchev–Trinajstić information content (AvgIpc) is 2.73. The Morgan fingerprint density at radius 1 is 1.03 bits per heavy atom. The summed E-state index contributed by atoms with van der Waals surface area (Å²) in [6.07, 6.45) is 1.68. The average molecular weight is 426 g/mol. The summed E-state index contributed by atoms with van der Waals surface area (Å²) in [5, 5.41) is 6.49. The fourth-order valence-electron chi connectivity index (χ4n) is 3.22. The first kappa shape index (κ1) is 21.0. The van der Waals surface area contributed by atoms with E-state index in [4.69, 9.17) is 9.47 Å². The lowest BCUT2D eigenvalue weighted by Crippen LogP contribution is -2.22. The van der Waals surface area contributed by atoms with Gasteiger partial charge >= 0.3 is 0 Å². The summed E-state index contributed by atoms with van der Waals surface area (Å²) in [4.78, 5) is 8.62. The second-order valence-electron chi connectivity index (χ2n) is 7.60. The van der Waals surface area contributed by atoms with Crippen LogP contribution >= 0.6 is 0 Å². The maximum atomic E-state index is 14.6. The fourth-order valence-corrected chi connectivity index (χ4v) is 3.22. The highest BCUT2D eigenvalue weighted by Crippen LogP contribution is 2.34. The molecule has 1 aliphatic heterocycles. The highest BCUT2D eigenvalue weighted by Gasteiger charge is 2.15. The second kappa shape index (κ2) is 9.26. The van der Waals surface area contributed by atoms with Crippen molar-refractivity contribution in [1.82, 2.24) is 15.3 Å². The van der Waals surface area contributed by atoms with Crippen molar-refractivity contribution in [1.29, 1.82) is 0 Å². The van der Waals surface area contributed by atoms with Crippen molar-refractivity contribution in [3.8, 4) is 22.8 Å². The zero-order chi connectivity index (χ0) is 21.8. The van der Waals surface area contributed by atoms with Gasteiger partial charge in [-0.15, -0.1) is 0 Å². The number of pyridine rings is 2. The first-order valence-electron chi connectivity index (χ1n) is 10.2. The van der Waals surface area contributed by atoms with E-state index in [0.29, 0.717) is 48.7 Å². The minimum Gasteiger partial charge on any atom is -0.493 e. The van der Waals surface area contributed by atoms with Crippen LogP contribution in [0, 0.1) is 11.6 Å². The third-order valence-electron chi connectivity index (χ3n) is 4.72. The number of halogens is 2. The number of anilines is 2. The van der Waals surface area contributed by atoms with Crippen molar-refractivity contribution in [2.24, 2.45) is 0 Å².